The van der Waals surface area contributed by atoms with Gasteiger partial charge >= 0.3 is 0 Å². The number of thioether (sulfide) groups is 1. The molecule has 0 bridgehead atoms. The maximum Gasteiger partial charge on any atom is 0.266 e. The van der Waals surface area contributed by atoms with Gasteiger partial charge in [0.2, 0.25) is 0 Å². The first-order valence-electron chi connectivity index (χ1n) is 9.40. The van der Waals surface area contributed by atoms with Gasteiger partial charge in [0.25, 0.3) is 17.4 Å². The molecule has 0 atom stereocenters. The number of fused-ring (bicyclic) bond motifs is 2. The van der Waals surface area contributed by atoms with E-state index in [1.54, 1.807) is 36.4 Å². The number of rotatable bonds is 4. The quantitative estimate of drug-likeness (QED) is 0.239. The summed E-state index contributed by atoms with van der Waals surface area (Å²) in [6, 6.07) is 21.3. The molecule has 0 unspecified atom stereocenters. The molecule has 152 valence electrons. The molecule has 3 aromatic carbocycles. The summed E-state index contributed by atoms with van der Waals surface area (Å²) >= 11 is 4.58. The number of para-hydroxylation sites is 1. The first-order valence-corrected chi connectivity index (χ1v) is 11.2. The van der Waals surface area contributed by atoms with E-state index < -0.39 is 0 Å². The molecular weight excluding hydrogens is 478 g/mol. The Morgan fingerprint density at radius 1 is 0.839 bits per heavy atom. The Kier molecular flexibility index (Phi) is 4.95. The molecule has 2 heterocycles. The highest BCUT2D eigenvalue weighted by molar-refractivity contribution is 9.10. The second kappa shape index (κ2) is 7.79. The normalized spacial score (nSPS) is 13.1. The van der Waals surface area contributed by atoms with Gasteiger partial charge < -0.3 is 0 Å². The van der Waals surface area contributed by atoms with Crippen LogP contribution >= 0.6 is 27.7 Å². The van der Waals surface area contributed by atoms with Crippen LogP contribution in [0.1, 0.15) is 20.7 Å². The minimum Gasteiger partial charge on any atom is -0.269 e. The van der Waals surface area contributed by atoms with Crippen LogP contribution in [0.4, 0.5) is 0 Å². The van der Waals surface area contributed by atoms with E-state index in [1.165, 1.54) is 21.2 Å². The van der Waals surface area contributed by atoms with Crippen molar-refractivity contribution in [2.75, 3.05) is 5.88 Å². The Bertz CT molecular complexity index is 1380. The van der Waals surface area contributed by atoms with Gasteiger partial charge in [0, 0.05) is 4.47 Å². The highest BCUT2D eigenvalue weighted by Gasteiger charge is 2.35. The van der Waals surface area contributed by atoms with Crippen LogP contribution in [0.3, 0.4) is 0 Å². The summed E-state index contributed by atoms with van der Waals surface area (Å²) in [7, 11) is 0. The molecule has 1 aliphatic rings. The van der Waals surface area contributed by atoms with Crippen LogP contribution in [0, 0.1) is 0 Å². The van der Waals surface area contributed by atoms with Crippen LogP contribution in [0.2, 0.25) is 0 Å². The second-order valence-corrected chi connectivity index (χ2v) is 8.72. The number of hydrogen-bond donors (Lipinski definition) is 0. The molecule has 5 rings (SSSR count). The predicted molar refractivity (Wildman–Crippen MR) is 123 cm³/mol. The lowest BCUT2D eigenvalue weighted by molar-refractivity contribution is 0.0684. The molecule has 4 aromatic rings. The zero-order valence-electron chi connectivity index (χ0n) is 16.0. The number of imide groups is 1. The van der Waals surface area contributed by atoms with E-state index in [1.807, 2.05) is 36.4 Å². The summed E-state index contributed by atoms with van der Waals surface area (Å²) in [5.74, 6) is -0.633. The van der Waals surface area contributed by atoms with Crippen molar-refractivity contribution in [3.8, 4) is 5.69 Å². The Morgan fingerprint density at radius 3 is 2.16 bits per heavy atom. The maximum atomic E-state index is 13.3. The molecule has 31 heavy (non-hydrogen) atoms. The Balaban J connectivity index is 1.57. The van der Waals surface area contributed by atoms with Crippen LogP contribution in [-0.4, -0.2) is 32.1 Å². The highest BCUT2D eigenvalue weighted by atomic mass is 79.9. The smallest absolute Gasteiger partial charge is 0.266 e. The molecule has 2 amide bonds. The maximum absolute atomic E-state index is 13.3. The van der Waals surface area contributed by atoms with E-state index in [4.69, 9.17) is 0 Å². The zero-order chi connectivity index (χ0) is 21.5. The molecule has 0 fully saturated rings. The van der Waals surface area contributed by atoms with Crippen molar-refractivity contribution in [2.24, 2.45) is 0 Å². The third-order valence-electron chi connectivity index (χ3n) is 5.01. The summed E-state index contributed by atoms with van der Waals surface area (Å²) in [4.78, 5) is 44.6. The van der Waals surface area contributed by atoms with Crippen molar-refractivity contribution < 1.29 is 9.59 Å². The van der Waals surface area contributed by atoms with Gasteiger partial charge in [-0.2, -0.15) is 0 Å². The van der Waals surface area contributed by atoms with E-state index in [-0.39, 0.29) is 23.3 Å². The van der Waals surface area contributed by atoms with Gasteiger partial charge in [-0.3, -0.25) is 23.9 Å². The van der Waals surface area contributed by atoms with E-state index >= 15 is 0 Å². The van der Waals surface area contributed by atoms with Crippen LogP contribution < -0.4 is 5.56 Å². The van der Waals surface area contributed by atoms with Crippen molar-refractivity contribution in [2.45, 2.75) is 5.16 Å². The fourth-order valence-corrected chi connectivity index (χ4v) is 4.84. The van der Waals surface area contributed by atoms with Crippen LogP contribution in [-0.2, 0) is 0 Å². The fourth-order valence-electron chi connectivity index (χ4n) is 3.52. The Morgan fingerprint density at radius 2 is 1.48 bits per heavy atom. The topological polar surface area (TPSA) is 72.3 Å². The van der Waals surface area contributed by atoms with Crippen molar-refractivity contribution in [3.63, 3.8) is 0 Å². The van der Waals surface area contributed by atoms with Crippen molar-refractivity contribution in [1.29, 1.82) is 0 Å². The van der Waals surface area contributed by atoms with Gasteiger partial charge in [0.05, 0.1) is 33.6 Å². The van der Waals surface area contributed by atoms with E-state index in [0.29, 0.717) is 32.9 Å². The first-order chi connectivity index (χ1) is 15.0. The monoisotopic (exact) mass is 491 g/mol. The average molecular weight is 492 g/mol. The third kappa shape index (κ3) is 3.37. The lowest BCUT2D eigenvalue weighted by Crippen LogP contribution is -2.30. The standard InChI is InChI=1S/C23H14BrN3O3S/c24-14-10-11-19-18(12-14)22(30)27(15-6-2-1-3-7-15)23(25-19)31-13-26-20(28)16-8-4-5-9-17(16)21(26)29/h1-12H,13H2. The number of benzene rings is 3. The molecule has 1 aliphatic heterocycles. The van der Waals surface area contributed by atoms with Crippen molar-refractivity contribution in [3.05, 3.63) is 98.7 Å². The molecule has 6 nitrogen and oxygen atoms in total. The molecule has 8 heteroatoms. The number of carbonyl (C=O) groups excluding carboxylic acids is 2. The van der Waals surface area contributed by atoms with Gasteiger partial charge in [0.1, 0.15) is 0 Å². The number of hydrogen-bond acceptors (Lipinski definition) is 5. The number of amides is 2. The van der Waals surface area contributed by atoms with Gasteiger partial charge in [0.15, 0.2) is 5.16 Å². The number of carbonyl (C=O) groups is 2. The van der Waals surface area contributed by atoms with Crippen LogP contribution in [0.5, 0.6) is 0 Å². The second-order valence-electron chi connectivity index (χ2n) is 6.89. The molecular formula is C23H14BrN3O3S. The van der Waals surface area contributed by atoms with Gasteiger partial charge in [-0.25, -0.2) is 4.98 Å². The number of aromatic nitrogens is 2. The van der Waals surface area contributed by atoms with Gasteiger partial charge in [-0.1, -0.05) is 58.0 Å². The fraction of sp³-hybridized carbons (Fsp3) is 0.0435. The largest absolute Gasteiger partial charge is 0.269 e. The SMILES string of the molecule is O=C1c2ccccc2C(=O)N1CSc1nc2ccc(Br)cc2c(=O)n1-c1ccccc1. The summed E-state index contributed by atoms with van der Waals surface area (Å²) in [6.07, 6.45) is 0. The van der Waals surface area contributed by atoms with Crippen molar-refractivity contribution in [1.82, 2.24) is 14.5 Å². The van der Waals surface area contributed by atoms with Crippen LogP contribution in [0.25, 0.3) is 16.6 Å². The molecule has 0 saturated heterocycles. The molecule has 0 spiro atoms. The summed E-state index contributed by atoms with van der Waals surface area (Å²) < 4.78 is 2.29. The van der Waals surface area contributed by atoms with Gasteiger partial charge in [-0.05, 0) is 42.5 Å². The lowest BCUT2D eigenvalue weighted by Gasteiger charge is -2.16. The molecule has 0 saturated carbocycles. The highest BCUT2D eigenvalue weighted by Crippen LogP contribution is 2.28. The summed E-state index contributed by atoms with van der Waals surface area (Å²) in [5.41, 5.74) is 1.77. The van der Waals surface area contributed by atoms with Crippen LogP contribution in [0.15, 0.2) is 87.2 Å². The zero-order valence-corrected chi connectivity index (χ0v) is 18.4. The molecule has 0 N–H and O–H groups in total. The molecule has 0 radical (unpaired) electrons. The third-order valence-corrected chi connectivity index (χ3v) is 6.43. The lowest BCUT2D eigenvalue weighted by atomic mass is 10.1. The van der Waals surface area contributed by atoms with E-state index in [9.17, 15) is 14.4 Å². The Labute approximate surface area is 189 Å². The minimum atomic E-state index is -0.341. The number of nitrogens with zero attached hydrogens (tertiary/aromatic N) is 3. The Hall–Kier alpha value is -3.23. The van der Waals surface area contributed by atoms with Crippen molar-refractivity contribution >= 4 is 50.4 Å². The summed E-state index contributed by atoms with van der Waals surface area (Å²) in [6.45, 7) is 0. The molecule has 0 aliphatic carbocycles. The van der Waals surface area contributed by atoms with E-state index in [0.717, 1.165) is 4.47 Å². The minimum absolute atomic E-state index is 0.0493. The first kappa shape index (κ1) is 19.7. The summed E-state index contributed by atoms with van der Waals surface area (Å²) in [5, 5.41) is 0.880. The van der Waals surface area contributed by atoms with Gasteiger partial charge in [-0.15, -0.1) is 0 Å². The molecule has 1 aromatic heterocycles. The average Bonchev–Trinajstić information content (AvgIpc) is 3.03. The van der Waals surface area contributed by atoms with E-state index in [2.05, 4.69) is 20.9 Å². The number of halogens is 1. The predicted octanol–water partition coefficient (Wildman–Crippen LogP) is 4.49.